The zero-order valence-electron chi connectivity index (χ0n) is 19.5. The van der Waals surface area contributed by atoms with E-state index in [1.807, 2.05) is 19.2 Å². The van der Waals surface area contributed by atoms with Crippen molar-refractivity contribution in [1.29, 1.82) is 0 Å². The summed E-state index contributed by atoms with van der Waals surface area (Å²) in [5.74, 6) is -8.01. The Balaban J connectivity index is 5.59. The van der Waals surface area contributed by atoms with Gasteiger partial charge in [0.15, 0.2) is 0 Å². The number of primary amides is 1. The molecule has 0 bridgehead atoms. The van der Waals surface area contributed by atoms with Gasteiger partial charge in [0.05, 0.1) is 12.5 Å². The quantitative estimate of drug-likeness (QED) is 0.103. The van der Waals surface area contributed by atoms with Crippen molar-refractivity contribution in [3.63, 3.8) is 0 Å². The molecule has 35 heavy (non-hydrogen) atoms. The lowest BCUT2D eigenvalue weighted by molar-refractivity contribution is -0.143. The number of carboxylic acids is 3. The molecule has 15 nitrogen and oxygen atoms in total. The largest absolute Gasteiger partial charge is 0.481 e. The second kappa shape index (κ2) is 15.2. The molecule has 0 aromatic carbocycles. The first-order valence-electron chi connectivity index (χ1n) is 10.7. The number of aliphatic carboxylic acids is 3. The van der Waals surface area contributed by atoms with Gasteiger partial charge in [-0.05, 0) is 25.2 Å². The van der Waals surface area contributed by atoms with Crippen molar-refractivity contribution in [2.45, 2.75) is 76.5 Å². The van der Waals surface area contributed by atoms with E-state index in [0.717, 1.165) is 0 Å². The van der Waals surface area contributed by atoms with Crippen molar-refractivity contribution >= 4 is 41.5 Å². The average molecular weight is 504 g/mol. The first-order valence-corrected chi connectivity index (χ1v) is 10.7. The van der Waals surface area contributed by atoms with Gasteiger partial charge >= 0.3 is 17.9 Å². The van der Waals surface area contributed by atoms with Crippen LogP contribution in [0.1, 0.15) is 52.4 Å². The van der Waals surface area contributed by atoms with Crippen LogP contribution >= 0.6 is 0 Å². The Labute approximate surface area is 201 Å². The lowest BCUT2D eigenvalue weighted by Gasteiger charge is -2.24. The van der Waals surface area contributed by atoms with Gasteiger partial charge in [-0.25, -0.2) is 4.79 Å². The van der Waals surface area contributed by atoms with Crippen LogP contribution in [0, 0.1) is 5.92 Å². The molecule has 0 aliphatic heterocycles. The zero-order chi connectivity index (χ0) is 27.3. The smallest absolute Gasteiger partial charge is 0.326 e. The molecule has 0 fully saturated rings. The summed E-state index contributed by atoms with van der Waals surface area (Å²) in [7, 11) is 0. The molecule has 0 saturated carbocycles. The minimum atomic E-state index is -1.68. The maximum Gasteiger partial charge on any atom is 0.326 e. The lowest BCUT2D eigenvalue weighted by atomic mass is 10.0. The normalized spacial score (nSPS) is 14.2. The predicted octanol–water partition coefficient (Wildman–Crippen LogP) is -2.50. The highest BCUT2D eigenvalue weighted by atomic mass is 16.4. The summed E-state index contributed by atoms with van der Waals surface area (Å²) in [6.45, 7) is 3.63. The van der Waals surface area contributed by atoms with Gasteiger partial charge in [-0.1, -0.05) is 13.8 Å². The van der Waals surface area contributed by atoms with Crippen LogP contribution in [0.4, 0.5) is 0 Å². The van der Waals surface area contributed by atoms with Gasteiger partial charge in [-0.2, -0.15) is 0 Å². The van der Waals surface area contributed by atoms with Crippen molar-refractivity contribution in [2.75, 3.05) is 0 Å². The van der Waals surface area contributed by atoms with E-state index in [1.165, 1.54) is 0 Å². The first-order chi connectivity index (χ1) is 16.1. The van der Waals surface area contributed by atoms with Gasteiger partial charge in [0.2, 0.25) is 23.6 Å². The molecule has 0 rings (SSSR count). The van der Waals surface area contributed by atoms with E-state index < -0.39 is 91.4 Å². The Morgan fingerprint density at radius 3 is 1.57 bits per heavy atom. The monoisotopic (exact) mass is 503 g/mol. The number of carbonyl (C=O) groups is 7. The van der Waals surface area contributed by atoms with Crippen LogP contribution < -0.4 is 27.4 Å². The molecule has 198 valence electrons. The molecule has 0 aliphatic rings. The van der Waals surface area contributed by atoms with E-state index in [-0.39, 0.29) is 18.8 Å². The summed E-state index contributed by atoms with van der Waals surface area (Å²) < 4.78 is 0. The van der Waals surface area contributed by atoms with Gasteiger partial charge in [0.1, 0.15) is 18.1 Å². The molecule has 0 aromatic rings. The highest BCUT2D eigenvalue weighted by molar-refractivity contribution is 5.96. The number of carboxylic acid groups (broad SMARTS) is 3. The predicted molar refractivity (Wildman–Crippen MR) is 118 cm³/mol. The Kier molecular flexibility index (Phi) is 13.6. The fourth-order valence-electron chi connectivity index (χ4n) is 2.91. The fourth-order valence-corrected chi connectivity index (χ4v) is 2.91. The molecule has 0 heterocycles. The van der Waals surface area contributed by atoms with Gasteiger partial charge in [0.25, 0.3) is 0 Å². The van der Waals surface area contributed by atoms with Crippen LogP contribution in [-0.2, 0) is 33.6 Å². The van der Waals surface area contributed by atoms with Crippen molar-refractivity contribution in [1.82, 2.24) is 16.0 Å². The molecule has 15 heteroatoms. The lowest BCUT2D eigenvalue weighted by Crippen LogP contribution is -2.57. The number of hydrogen-bond acceptors (Lipinski definition) is 8. The van der Waals surface area contributed by atoms with Gasteiger partial charge in [0, 0.05) is 12.8 Å². The molecule has 0 aliphatic carbocycles. The number of amides is 4. The number of carbonyl (C=O) groups excluding carboxylic acids is 4. The van der Waals surface area contributed by atoms with Crippen LogP contribution in [0.3, 0.4) is 0 Å². The highest BCUT2D eigenvalue weighted by Crippen LogP contribution is 2.06. The van der Waals surface area contributed by atoms with Crippen molar-refractivity contribution in [2.24, 2.45) is 17.4 Å². The van der Waals surface area contributed by atoms with Crippen molar-refractivity contribution in [3.05, 3.63) is 0 Å². The number of nitrogens with two attached hydrogens (primary N) is 2. The summed E-state index contributed by atoms with van der Waals surface area (Å²) >= 11 is 0. The molecule has 0 radical (unpaired) electrons. The maximum atomic E-state index is 12.8. The van der Waals surface area contributed by atoms with E-state index in [0.29, 0.717) is 0 Å². The van der Waals surface area contributed by atoms with E-state index in [1.54, 1.807) is 0 Å². The van der Waals surface area contributed by atoms with Crippen LogP contribution in [0.15, 0.2) is 0 Å². The summed E-state index contributed by atoms with van der Waals surface area (Å²) in [6, 6.07) is -5.75. The van der Waals surface area contributed by atoms with Gasteiger partial charge in [-0.3, -0.25) is 28.8 Å². The second-order valence-corrected chi connectivity index (χ2v) is 8.29. The van der Waals surface area contributed by atoms with Gasteiger partial charge < -0.3 is 42.7 Å². The molecule has 10 N–H and O–H groups in total. The summed E-state index contributed by atoms with van der Waals surface area (Å²) in [5, 5.41) is 33.4. The topological polar surface area (TPSA) is 268 Å². The van der Waals surface area contributed by atoms with Crippen LogP contribution in [-0.4, -0.2) is 81.0 Å². The third-order valence-electron chi connectivity index (χ3n) is 4.64. The maximum absolute atomic E-state index is 12.8. The number of hydrogen-bond donors (Lipinski definition) is 8. The van der Waals surface area contributed by atoms with Crippen molar-refractivity contribution < 1.29 is 48.9 Å². The number of nitrogens with one attached hydrogen (secondary N) is 3. The average Bonchev–Trinajstić information content (AvgIpc) is 2.71. The van der Waals surface area contributed by atoms with Gasteiger partial charge in [-0.15, -0.1) is 0 Å². The summed E-state index contributed by atoms with van der Waals surface area (Å²) in [6.07, 6.45) is -2.43. The summed E-state index contributed by atoms with van der Waals surface area (Å²) in [4.78, 5) is 82.1. The van der Waals surface area contributed by atoms with Crippen LogP contribution in [0.2, 0.25) is 0 Å². The fraction of sp³-hybridized carbons (Fsp3) is 0.650. The molecule has 4 amide bonds. The molecule has 0 spiro atoms. The Morgan fingerprint density at radius 1 is 0.714 bits per heavy atom. The summed E-state index contributed by atoms with van der Waals surface area (Å²) in [5.41, 5.74) is 10.9. The molecule has 0 aromatic heterocycles. The Hall–Kier alpha value is -3.75. The third-order valence-corrected chi connectivity index (χ3v) is 4.64. The Bertz CT molecular complexity index is 816. The molecule has 0 saturated heterocycles. The van der Waals surface area contributed by atoms with E-state index in [2.05, 4.69) is 10.6 Å². The number of rotatable bonds is 17. The molecule has 4 atom stereocenters. The SMILES string of the molecule is CC(C)CC(N)C(=O)NC(CCC(=O)O)C(=O)NC(CC(N)=O)C(=O)NC(CCC(=O)O)C(=O)O. The van der Waals surface area contributed by atoms with E-state index in [4.69, 9.17) is 21.7 Å². The minimum Gasteiger partial charge on any atom is -0.481 e. The van der Waals surface area contributed by atoms with Crippen molar-refractivity contribution in [3.8, 4) is 0 Å². The molecular weight excluding hydrogens is 470 g/mol. The zero-order valence-corrected chi connectivity index (χ0v) is 19.5. The second-order valence-electron chi connectivity index (χ2n) is 8.29. The van der Waals surface area contributed by atoms with Crippen LogP contribution in [0.5, 0.6) is 0 Å². The molecular formula is C20H33N5O10. The Morgan fingerprint density at radius 2 is 1.14 bits per heavy atom. The molecule has 4 unspecified atom stereocenters. The minimum absolute atomic E-state index is 0.0500. The van der Waals surface area contributed by atoms with E-state index >= 15 is 0 Å². The van der Waals surface area contributed by atoms with Crippen LogP contribution in [0.25, 0.3) is 0 Å². The highest BCUT2D eigenvalue weighted by Gasteiger charge is 2.31. The standard InChI is InChI=1S/C20H33N5O10/c1-9(2)7-10(21)17(31)23-11(3-5-15(27)28)18(32)25-13(8-14(22)26)19(33)24-12(20(34)35)4-6-16(29)30/h9-13H,3-8,21H2,1-2H3,(H2,22,26)(H,23,31)(H,24,33)(H,25,32)(H,27,28)(H,29,30)(H,34,35). The third kappa shape index (κ3) is 13.5. The first kappa shape index (κ1) is 31.2. The van der Waals surface area contributed by atoms with E-state index in [9.17, 15) is 38.7 Å².